The normalized spacial score (nSPS) is 15.3. The Morgan fingerprint density at radius 1 is 1.16 bits per heavy atom. The average Bonchev–Trinajstić information content (AvgIpc) is 3.03. The highest BCUT2D eigenvalue weighted by Crippen LogP contribution is 2.38. The number of nitrogens with zero attached hydrogens (tertiary/aromatic N) is 3. The largest absolute Gasteiger partial charge is 0.493 e. The van der Waals surface area contributed by atoms with Gasteiger partial charge in [0.25, 0.3) is 5.91 Å². The Hall–Kier alpha value is -3.36. The smallest absolute Gasteiger partial charge is 0.417 e. The molecule has 0 bridgehead atoms. The number of alkyl halides is 3. The van der Waals surface area contributed by atoms with Gasteiger partial charge >= 0.3 is 6.18 Å². The summed E-state index contributed by atoms with van der Waals surface area (Å²) in [6.07, 6.45) is -4.26. The average molecular weight is 549 g/mol. The fraction of sp³-hybridized carbons (Fsp3) is 0.444. The fourth-order valence-electron chi connectivity index (χ4n) is 4.11. The van der Waals surface area contributed by atoms with E-state index in [1.165, 1.54) is 6.07 Å². The third-order valence-electron chi connectivity index (χ3n) is 6.24. The summed E-state index contributed by atoms with van der Waals surface area (Å²) in [5.41, 5.74) is -1.69. The molecule has 0 aromatic heterocycles. The lowest BCUT2D eigenvalue weighted by atomic mass is 10.0. The predicted molar refractivity (Wildman–Crippen MR) is 142 cm³/mol. The molecule has 0 radical (unpaired) electrons. The lowest BCUT2D eigenvalue weighted by Crippen LogP contribution is -2.44. The Labute approximate surface area is 226 Å². The number of benzene rings is 2. The van der Waals surface area contributed by atoms with Crippen LogP contribution in [0.15, 0.2) is 36.4 Å². The first-order valence-electron chi connectivity index (χ1n) is 12.1. The Kier molecular flexibility index (Phi) is 8.90. The van der Waals surface area contributed by atoms with Gasteiger partial charge in [0.15, 0.2) is 16.6 Å². The van der Waals surface area contributed by atoms with E-state index in [0.29, 0.717) is 43.7 Å². The molecular formula is C27H31F3N4O3S. The number of methoxy groups -OCH3 is 1. The van der Waals surface area contributed by atoms with Crippen LogP contribution in [0.2, 0.25) is 0 Å². The van der Waals surface area contributed by atoms with Gasteiger partial charge in [-0.2, -0.15) is 18.4 Å². The first-order valence-corrected chi connectivity index (χ1v) is 12.5. The zero-order valence-corrected chi connectivity index (χ0v) is 22.8. The maximum absolute atomic E-state index is 13.5. The number of nitrogens with one attached hydrogen (secondary N) is 1. The topological polar surface area (TPSA) is 77.8 Å². The first kappa shape index (κ1) is 29.2. The van der Waals surface area contributed by atoms with Gasteiger partial charge in [-0.05, 0) is 68.4 Å². The van der Waals surface area contributed by atoms with Crippen LogP contribution in [0.5, 0.6) is 11.5 Å². The summed E-state index contributed by atoms with van der Waals surface area (Å²) < 4.78 is 51.9. The number of anilines is 1. The molecule has 204 valence electrons. The van der Waals surface area contributed by atoms with E-state index >= 15 is 0 Å². The van der Waals surface area contributed by atoms with Crippen molar-refractivity contribution in [1.29, 1.82) is 5.26 Å². The van der Waals surface area contributed by atoms with Crippen molar-refractivity contribution in [3.63, 3.8) is 0 Å². The SMILES string of the molecule is COc1cc(CNC(C)C)ccc1OCCCN1C(=S)N(c2ccc(C#N)c(C(F)(F)F)c2)C(=O)C1(C)C. The summed E-state index contributed by atoms with van der Waals surface area (Å²) in [4.78, 5) is 16.0. The standard InChI is InChI=1S/C27H31F3N4O3S/c1-17(2)32-16-18-7-10-22(23(13-18)36-5)37-12-6-11-33-25(38)34(24(35)26(33,3)4)20-9-8-19(15-31)21(14-20)27(28,29)30/h7-10,13-14,17,32H,6,11-12,16H2,1-5H3. The van der Waals surface area contributed by atoms with Crippen LogP contribution in [0.1, 0.15) is 50.8 Å². The Bertz CT molecular complexity index is 1240. The molecule has 0 saturated carbocycles. The van der Waals surface area contributed by atoms with Crippen LogP contribution in [-0.4, -0.2) is 47.8 Å². The number of rotatable bonds is 10. The van der Waals surface area contributed by atoms with Gasteiger partial charge in [-0.15, -0.1) is 0 Å². The van der Waals surface area contributed by atoms with E-state index in [9.17, 15) is 18.0 Å². The summed E-state index contributed by atoms with van der Waals surface area (Å²) in [6, 6.07) is 10.7. The number of carbonyl (C=O) groups excluding carboxylic acids is 1. The van der Waals surface area contributed by atoms with Crippen molar-refractivity contribution in [1.82, 2.24) is 10.2 Å². The minimum Gasteiger partial charge on any atom is -0.493 e. The molecule has 11 heteroatoms. The molecule has 0 atom stereocenters. The molecule has 3 rings (SSSR count). The molecule has 1 N–H and O–H groups in total. The molecule has 2 aromatic carbocycles. The highest BCUT2D eigenvalue weighted by atomic mass is 32.1. The van der Waals surface area contributed by atoms with Crippen LogP contribution in [0.3, 0.4) is 0 Å². The highest BCUT2D eigenvalue weighted by molar-refractivity contribution is 7.80. The van der Waals surface area contributed by atoms with Crippen molar-refractivity contribution in [2.45, 2.75) is 58.4 Å². The van der Waals surface area contributed by atoms with Gasteiger partial charge in [0.1, 0.15) is 5.54 Å². The van der Waals surface area contributed by atoms with Crippen LogP contribution < -0.4 is 19.7 Å². The molecule has 1 heterocycles. The van der Waals surface area contributed by atoms with Crippen LogP contribution in [-0.2, 0) is 17.5 Å². The minimum absolute atomic E-state index is 0.0325. The number of thiocarbonyl (C=S) groups is 1. The van der Waals surface area contributed by atoms with E-state index in [-0.39, 0.29) is 10.8 Å². The molecule has 1 aliphatic heterocycles. The summed E-state index contributed by atoms with van der Waals surface area (Å²) in [5, 5.41) is 12.5. The number of hydrogen-bond donors (Lipinski definition) is 1. The molecule has 0 spiro atoms. The van der Waals surface area contributed by atoms with Gasteiger partial charge in [0.05, 0.1) is 36.6 Å². The van der Waals surface area contributed by atoms with Crippen molar-refractivity contribution in [3.8, 4) is 17.6 Å². The highest BCUT2D eigenvalue weighted by Gasteiger charge is 2.49. The summed E-state index contributed by atoms with van der Waals surface area (Å²) >= 11 is 5.53. The van der Waals surface area contributed by atoms with Crippen LogP contribution in [0, 0.1) is 11.3 Å². The second kappa shape index (κ2) is 11.6. The van der Waals surface area contributed by atoms with Crippen LogP contribution in [0.4, 0.5) is 18.9 Å². The van der Waals surface area contributed by atoms with E-state index < -0.39 is 28.7 Å². The second-order valence-corrected chi connectivity index (χ2v) is 10.1. The summed E-state index contributed by atoms with van der Waals surface area (Å²) in [6.45, 7) is 8.82. The van der Waals surface area contributed by atoms with E-state index in [1.54, 1.807) is 31.9 Å². The molecule has 1 fully saturated rings. The number of hydrogen-bond acceptors (Lipinski definition) is 6. The minimum atomic E-state index is -4.75. The van der Waals surface area contributed by atoms with Crippen molar-refractivity contribution in [3.05, 3.63) is 53.1 Å². The van der Waals surface area contributed by atoms with Crippen molar-refractivity contribution in [2.24, 2.45) is 0 Å². The van der Waals surface area contributed by atoms with Crippen molar-refractivity contribution < 1.29 is 27.4 Å². The van der Waals surface area contributed by atoms with E-state index in [2.05, 4.69) is 19.2 Å². The Balaban J connectivity index is 1.70. The van der Waals surface area contributed by atoms with Crippen molar-refractivity contribution >= 4 is 28.9 Å². The molecular weight excluding hydrogens is 517 g/mol. The number of ether oxygens (including phenoxy) is 2. The van der Waals surface area contributed by atoms with Gasteiger partial charge in [-0.1, -0.05) is 19.9 Å². The molecule has 0 unspecified atom stereocenters. The van der Waals surface area contributed by atoms with Crippen LogP contribution in [0.25, 0.3) is 0 Å². The molecule has 2 aromatic rings. The molecule has 7 nitrogen and oxygen atoms in total. The maximum Gasteiger partial charge on any atom is 0.417 e. The fourth-order valence-corrected chi connectivity index (χ4v) is 4.62. The summed E-state index contributed by atoms with van der Waals surface area (Å²) in [7, 11) is 1.57. The zero-order valence-electron chi connectivity index (χ0n) is 22.0. The monoisotopic (exact) mass is 548 g/mol. The van der Waals surface area contributed by atoms with E-state index in [0.717, 1.165) is 22.6 Å². The molecule has 1 amide bonds. The number of amides is 1. The Morgan fingerprint density at radius 3 is 2.47 bits per heavy atom. The molecule has 1 saturated heterocycles. The molecule has 38 heavy (non-hydrogen) atoms. The second-order valence-electron chi connectivity index (χ2n) is 9.70. The quantitative estimate of drug-likeness (QED) is 0.320. The zero-order chi connectivity index (χ0) is 28.3. The third-order valence-corrected chi connectivity index (χ3v) is 6.64. The lowest BCUT2D eigenvalue weighted by Gasteiger charge is -2.29. The van der Waals surface area contributed by atoms with Gasteiger partial charge in [-0.25, -0.2) is 0 Å². The third kappa shape index (κ3) is 6.19. The van der Waals surface area contributed by atoms with Gasteiger partial charge in [0, 0.05) is 19.1 Å². The number of carbonyl (C=O) groups is 1. The molecule has 0 aliphatic carbocycles. The van der Waals surface area contributed by atoms with Gasteiger partial charge < -0.3 is 19.7 Å². The van der Waals surface area contributed by atoms with Gasteiger partial charge in [0.2, 0.25) is 0 Å². The van der Waals surface area contributed by atoms with E-state index in [4.69, 9.17) is 27.0 Å². The number of nitriles is 1. The number of halogens is 3. The first-order chi connectivity index (χ1) is 17.8. The maximum atomic E-state index is 13.5. The van der Waals surface area contributed by atoms with Gasteiger partial charge in [-0.3, -0.25) is 9.69 Å². The van der Waals surface area contributed by atoms with E-state index in [1.807, 2.05) is 18.2 Å². The van der Waals surface area contributed by atoms with Crippen molar-refractivity contribution in [2.75, 3.05) is 25.2 Å². The lowest BCUT2D eigenvalue weighted by molar-refractivity contribution is -0.137. The molecule has 1 aliphatic rings. The predicted octanol–water partition coefficient (Wildman–Crippen LogP) is 5.26. The Morgan fingerprint density at radius 2 is 1.87 bits per heavy atom. The van der Waals surface area contributed by atoms with Crippen LogP contribution >= 0.6 is 12.2 Å². The summed E-state index contributed by atoms with van der Waals surface area (Å²) in [5.74, 6) is 0.736.